The maximum atomic E-state index is 13.7. The molecular weight excluding hydrogens is 366 g/mol. The zero-order valence-corrected chi connectivity index (χ0v) is 15.9. The quantitative estimate of drug-likeness (QED) is 0.850. The first-order valence-electron chi connectivity index (χ1n) is 9.70. The molecule has 2 heterocycles. The Morgan fingerprint density at radius 1 is 1.25 bits per heavy atom. The van der Waals surface area contributed by atoms with Gasteiger partial charge in [0.05, 0.1) is 18.9 Å². The average Bonchev–Trinajstić information content (AvgIpc) is 3.27. The second kappa shape index (κ2) is 7.97. The van der Waals surface area contributed by atoms with Crippen LogP contribution in [0.4, 0.5) is 8.78 Å². The fraction of sp³-hybridized carbons (Fsp3) is 0.500. The lowest BCUT2D eigenvalue weighted by molar-refractivity contribution is 0.0342. The summed E-state index contributed by atoms with van der Waals surface area (Å²) in [5, 5.41) is 7.48. The van der Waals surface area contributed by atoms with Gasteiger partial charge in [0.1, 0.15) is 0 Å². The molecule has 0 bridgehead atoms. The number of carbonyl (C=O) groups excluding carboxylic acids is 1. The van der Waals surface area contributed by atoms with Gasteiger partial charge in [-0.15, -0.1) is 0 Å². The molecule has 150 valence electrons. The average molecular weight is 390 g/mol. The number of ether oxygens (including phenoxy) is 1. The Balaban J connectivity index is 1.53. The SMILES string of the molecule is CC(CN1CCOCC1)NC(=O)c1nn(-c2ccc(F)c(F)c2)c2c1CCC2. The Morgan fingerprint density at radius 3 is 2.79 bits per heavy atom. The molecule has 1 aromatic heterocycles. The van der Waals surface area contributed by atoms with E-state index in [1.165, 1.54) is 6.07 Å². The fourth-order valence-electron chi connectivity index (χ4n) is 3.96. The summed E-state index contributed by atoms with van der Waals surface area (Å²) in [6.45, 7) is 5.88. The van der Waals surface area contributed by atoms with Gasteiger partial charge in [-0.25, -0.2) is 13.5 Å². The standard InChI is InChI=1S/C20H24F2N4O2/c1-13(12-25-7-9-28-10-8-25)23-20(27)19-15-3-2-4-18(15)26(24-19)14-5-6-16(21)17(22)11-14/h5-6,11,13H,2-4,7-10,12H2,1H3,(H,23,27). The second-order valence-corrected chi connectivity index (χ2v) is 7.43. The van der Waals surface area contributed by atoms with Crippen LogP contribution in [0.2, 0.25) is 0 Å². The number of rotatable bonds is 5. The normalized spacial score (nSPS) is 18.1. The van der Waals surface area contributed by atoms with Crippen molar-refractivity contribution in [3.8, 4) is 5.69 Å². The summed E-state index contributed by atoms with van der Waals surface area (Å²) in [7, 11) is 0. The molecule has 1 aliphatic heterocycles. The largest absolute Gasteiger partial charge is 0.379 e. The van der Waals surface area contributed by atoms with Gasteiger partial charge in [0.25, 0.3) is 5.91 Å². The van der Waals surface area contributed by atoms with Gasteiger partial charge in [-0.3, -0.25) is 9.69 Å². The Morgan fingerprint density at radius 2 is 2.04 bits per heavy atom. The smallest absolute Gasteiger partial charge is 0.272 e. The maximum absolute atomic E-state index is 13.7. The first kappa shape index (κ1) is 19.0. The zero-order valence-electron chi connectivity index (χ0n) is 15.9. The number of carbonyl (C=O) groups is 1. The predicted molar refractivity (Wildman–Crippen MR) is 99.7 cm³/mol. The number of amides is 1. The number of halogens is 2. The number of hydrogen-bond donors (Lipinski definition) is 1. The number of hydrogen-bond acceptors (Lipinski definition) is 4. The van der Waals surface area contributed by atoms with Crippen LogP contribution in [-0.2, 0) is 17.6 Å². The summed E-state index contributed by atoms with van der Waals surface area (Å²) in [6, 6.07) is 3.64. The van der Waals surface area contributed by atoms with E-state index in [-0.39, 0.29) is 11.9 Å². The van der Waals surface area contributed by atoms with Gasteiger partial charge in [-0.1, -0.05) is 0 Å². The van der Waals surface area contributed by atoms with E-state index < -0.39 is 11.6 Å². The van der Waals surface area contributed by atoms with Crippen LogP contribution in [0, 0.1) is 11.6 Å². The van der Waals surface area contributed by atoms with Gasteiger partial charge < -0.3 is 10.1 Å². The summed E-state index contributed by atoms with van der Waals surface area (Å²) in [4.78, 5) is 15.1. The summed E-state index contributed by atoms with van der Waals surface area (Å²) in [5.74, 6) is -2.05. The van der Waals surface area contributed by atoms with E-state index in [4.69, 9.17) is 4.74 Å². The van der Waals surface area contributed by atoms with Crippen molar-refractivity contribution >= 4 is 5.91 Å². The molecule has 1 N–H and O–H groups in total. The molecule has 1 saturated heterocycles. The number of fused-ring (bicyclic) bond motifs is 1. The molecule has 1 amide bonds. The van der Waals surface area contributed by atoms with E-state index in [1.807, 2.05) is 6.92 Å². The Bertz CT molecular complexity index is 877. The van der Waals surface area contributed by atoms with E-state index in [9.17, 15) is 13.6 Å². The highest BCUT2D eigenvalue weighted by Crippen LogP contribution is 2.28. The molecule has 1 fully saturated rings. The van der Waals surface area contributed by atoms with Crippen molar-refractivity contribution in [2.45, 2.75) is 32.2 Å². The van der Waals surface area contributed by atoms with Crippen molar-refractivity contribution in [2.75, 3.05) is 32.8 Å². The van der Waals surface area contributed by atoms with E-state index in [0.717, 1.165) is 62.3 Å². The maximum Gasteiger partial charge on any atom is 0.272 e. The van der Waals surface area contributed by atoms with Crippen LogP contribution >= 0.6 is 0 Å². The van der Waals surface area contributed by atoms with Gasteiger partial charge in [0.15, 0.2) is 17.3 Å². The highest BCUT2D eigenvalue weighted by atomic mass is 19.2. The number of benzene rings is 1. The number of aromatic nitrogens is 2. The third-order valence-corrected chi connectivity index (χ3v) is 5.31. The van der Waals surface area contributed by atoms with Gasteiger partial charge in [0.2, 0.25) is 0 Å². The van der Waals surface area contributed by atoms with Crippen LogP contribution < -0.4 is 5.32 Å². The van der Waals surface area contributed by atoms with E-state index in [2.05, 4.69) is 15.3 Å². The lowest BCUT2D eigenvalue weighted by Crippen LogP contribution is -2.46. The highest BCUT2D eigenvalue weighted by molar-refractivity contribution is 5.94. The lowest BCUT2D eigenvalue weighted by atomic mass is 10.2. The molecule has 6 nitrogen and oxygen atoms in total. The number of morpholine rings is 1. The third-order valence-electron chi connectivity index (χ3n) is 5.31. The minimum atomic E-state index is -0.926. The monoisotopic (exact) mass is 390 g/mol. The predicted octanol–water partition coefficient (Wildman–Crippen LogP) is 2.09. The molecule has 1 aromatic carbocycles. The van der Waals surface area contributed by atoms with Crippen molar-refractivity contribution in [1.29, 1.82) is 0 Å². The molecule has 28 heavy (non-hydrogen) atoms. The number of nitrogens with zero attached hydrogens (tertiary/aromatic N) is 3. The second-order valence-electron chi connectivity index (χ2n) is 7.43. The van der Waals surface area contributed by atoms with Crippen LogP contribution in [0.1, 0.15) is 35.1 Å². The van der Waals surface area contributed by atoms with Gasteiger partial charge in [-0.2, -0.15) is 5.10 Å². The van der Waals surface area contributed by atoms with Crippen LogP contribution in [-0.4, -0.2) is 59.5 Å². The molecule has 0 spiro atoms. The molecule has 1 atom stereocenters. The van der Waals surface area contributed by atoms with Crippen molar-refractivity contribution in [1.82, 2.24) is 20.0 Å². The van der Waals surface area contributed by atoms with Gasteiger partial charge in [-0.05, 0) is 38.3 Å². The molecule has 2 aliphatic rings. The van der Waals surface area contributed by atoms with E-state index in [1.54, 1.807) is 4.68 Å². The van der Waals surface area contributed by atoms with Crippen LogP contribution in [0.3, 0.4) is 0 Å². The summed E-state index contributed by atoms with van der Waals surface area (Å²) < 4.78 is 33.9. The van der Waals surface area contributed by atoms with Crippen molar-refractivity contribution in [2.24, 2.45) is 0 Å². The molecule has 1 aliphatic carbocycles. The molecule has 1 unspecified atom stereocenters. The van der Waals surface area contributed by atoms with Gasteiger partial charge >= 0.3 is 0 Å². The number of nitrogens with one attached hydrogen (secondary N) is 1. The molecule has 8 heteroatoms. The Kier molecular flexibility index (Phi) is 5.41. The minimum absolute atomic E-state index is 0.0314. The van der Waals surface area contributed by atoms with Crippen molar-refractivity contribution in [3.63, 3.8) is 0 Å². The first-order valence-corrected chi connectivity index (χ1v) is 9.70. The summed E-state index contributed by atoms with van der Waals surface area (Å²) in [6.07, 6.45) is 2.44. The van der Waals surface area contributed by atoms with E-state index in [0.29, 0.717) is 24.6 Å². The highest BCUT2D eigenvalue weighted by Gasteiger charge is 2.28. The minimum Gasteiger partial charge on any atom is -0.379 e. The van der Waals surface area contributed by atoms with Gasteiger partial charge in [0, 0.05) is 43.0 Å². The molecule has 4 rings (SSSR count). The van der Waals surface area contributed by atoms with Crippen LogP contribution in [0.15, 0.2) is 18.2 Å². The van der Waals surface area contributed by atoms with E-state index >= 15 is 0 Å². The van der Waals surface area contributed by atoms with Crippen molar-refractivity contribution < 1.29 is 18.3 Å². The molecule has 0 radical (unpaired) electrons. The molecule has 0 saturated carbocycles. The topological polar surface area (TPSA) is 59.4 Å². The first-order chi connectivity index (χ1) is 13.5. The Labute approximate surface area is 162 Å². The molecule has 2 aromatic rings. The lowest BCUT2D eigenvalue weighted by Gasteiger charge is -2.29. The third kappa shape index (κ3) is 3.79. The zero-order chi connectivity index (χ0) is 19.7. The van der Waals surface area contributed by atoms with Crippen molar-refractivity contribution in [3.05, 3.63) is 46.8 Å². The molecular formula is C20H24F2N4O2. The fourth-order valence-corrected chi connectivity index (χ4v) is 3.96. The van der Waals surface area contributed by atoms with Crippen LogP contribution in [0.5, 0.6) is 0 Å². The van der Waals surface area contributed by atoms with Crippen LogP contribution in [0.25, 0.3) is 5.69 Å². The Hall–Kier alpha value is -2.32. The summed E-state index contributed by atoms with van der Waals surface area (Å²) >= 11 is 0. The summed E-state index contributed by atoms with van der Waals surface area (Å²) in [5.41, 5.74) is 2.61.